The number of carbonyl (C=O) groups is 2. The molecule has 0 aliphatic carbocycles. The fourth-order valence-corrected chi connectivity index (χ4v) is 3.91. The average Bonchev–Trinajstić information content (AvgIpc) is 2.69. The van der Waals surface area contributed by atoms with Crippen LogP contribution in [-0.4, -0.2) is 49.1 Å². The van der Waals surface area contributed by atoms with E-state index in [0.717, 1.165) is 31.5 Å². The van der Waals surface area contributed by atoms with Gasteiger partial charge in [-0.3, -0.25) is 9.59 Å². The molecule has 0 unspecified atom stereocenters. The first kappa shape index (κ1) is 17.9. The molecule has 0 saturated carbocycles. The molecular weight excluding hydrogens is 316 g/mol. The summed E-state index contributed by atoms with van der Waals surface area (Å²) in [5, 5.41) is 3.00. The van der Waals surface area contributed by atoms with Crippen molar-refractivity contribution in [3.63, 3.8) is 0 Å². The lowest BCUT2D eigenvalue weighted by Crippen LogP contribution is -2.55. The Bertz CT molecular complexity index is 590. The molecule has 2 aliphatic rings. The Kier molecular flexibility index (Phi) is 5.74. The van der Waals surface area contributed by atoms with Crippen molar-refractivity contribution in [2.75, 3.05) is 26.3 Å². The second-order valence-corrected chi connectivity index (χ2v) is 7.14. The average molecular weight is 344 g/mol. The lowest BCUT2D eigenvalue weighted by Gasteiger charge is -2.37. The Labute approximate surface area is 149 Å². The van der Waals surface area contributed by atoms with Gasteiger partial charge < -0.3 is 15.0 Å². The molecule has 5 nitrogen and oxygen atoms in total. The minimum atomic E-state index is -0.601. The molecule has 25 heavy (non-hydrogen) atoms. The van der Waals surface area contributed by atoms with Crippen molar-refractivity contribution in [2.45, 2.75) is 50.5 Å². The van der Waals surface area contributed by atoms with Crippen LogP contribution in [0.3, 0.4) is 0 Å². The van der Waals surface area contributed by atoms with Crippen molar-refractivity contribution in [1.82, 2.24) is 10.2 Å². The molecule has 0 bridgehead atoms. The Hall–Kier alpha value is -1.88. The van der Waals surface area contributed by atoms with Crippen molar-refractivity contribution >= 4 is 11.8 Å². The van der Waals surface area contributed by atoms with Crippen molar-refractivity contribution in [1.29, 1.82) is 0 Å². The highest BCUT2D eigenvalue weighted by Crippen LogP contribution is 2.35. The van der Waals surface area contributed by atoms with Crippen LogP contribution in [0.4, 0.5) is 0 Å². The van der Waals surface area contributed by atoms with Gasteiger partial charge in [0, 0.05) is 26.3 Å². The van der Waals surface area contributed by atoms with Crippen LogP contribution in [0.1, 0.15) is 44.6 Å². The Morgan fingerprint density at radius 1 is 1.08 bits per heavy atom. The van der Waals surface area contributed by atoms with Crippen LogP contribution < -0.4 is 5.32 Å². The van der Waals surface area contributed by atoms with Crippen LogP contribution in [0.2, 0.25) is 0 Å². The summed E-state index contributed by atoms with van der Waals surface area (Å²) in [6.45, 7) is 4.54. The minimum absolute atomic E-state index is 0.0309. The van der Waals surface area contributed by atoms with Gasteiger partial charge in [0.05, 0.1) is 5.41 Å². The Morgan fingerprint density at radius 2 is 1.72 bits per heavy atom. The molecule has 3 rings (SSSR count). The van der Waals surface area contributed by atoms with E-state index in [2.05, 4.69) is 5.32 Å². The van der Waals surface area contributed by atoms with Crippen molar-refractivity contribution in [3.05, 3.63) is 35.9 Å². The molecule has 2 saturated heterocycles. The zero-order valence-corrected chi connectivity index (χ0v) is 15.0. The summed E-state index contributed by atoms with van der Waals surface area (Å²) in [7, 11) is 0. The molecule has 1 atom stereocenters. The predicted molar refractivity (Wildman–Crippen MR) is 96.2 cm³/mol. The lowest BCUT2D eigenvalue weighted by atomic mass is 9.73. The van der Waals surface area contributed by atoms with Gasteiger partial charge in [-0.05, 0) is 44.6 Å². The molecule has 2 fully saturated rings. The van der Waals surface area contributed by atoms with Gasteiger partial charge in [0.1, 0.15) is 6.04 Å². The van der Waals surface area contributed by atoms with Crippen molar-refractivity contribution < 1.29 is 14.3 Å². The number of rotatable bonds is 4. The molecule has 1 aromatic carbocycles. The number of ether oxygens (including phenoxy) is 1. The zero-order chi connectivity index (χ0) is 17.7. The SMILES string of the molecule is C[C@H](NC(=O)C1(c2ccccc2)CCOCC1)C(=O)N1CCCCC1. The standard InChI is InChI=1S/C20H28N2O3/c1-16(18(23)22-12-6-3-7-13-22)21-19(24)20(10-14-25-15-11-20)17-8-4-2-5-9-17/h2,4-5,8-9,16H,3,6-7,10-15H2,1H3,(H,21,24)/t16-/m0/s1. The molecule has 2 aliphatic heterocycles. The second kappa shape index (κ2) is 8.00. The topological polar surface area (TPSA) is 58.6 Å². The lowest BCUT2D eigenvalue weighted by molar-refractivity contribution is -0.139. The predicted octanol–water partition coefficient (Wildman–Crippen LogP) is 2.25. The van der Waals surface area contributed by atoms with Gasteiger partial charge in [-0.1, -0.05) is 30.3 Å². The van der Waals surface area contributed by atoms with E-state index in [9.17, 15) is 9.59 Å². The number of amides is 2. The fraction of sp³-hybridized carbons (Fsp3) is 0.600. The van der Waals surface area contributed by atoms with Gasteiger partial charge in [0.25, 0.3) is 0 Å². The number of nitrogens with one attached hydrogen (secondary N) is 1. The smallest absolute Gasteiger partial charge is 0.244 e. The molecule has 1 N–H and O–H groups in total. The number of hydrogen-bond acceptors (Lipinski definition) is 3. The van der Waals surface area contributed by atoms with Gasteiger partial charge in [-0.2, -0.15) is 0 Å². The number of benzene rings is 1. The van der Waals surface area contributed by atoms with Crippen LogP contribution in [-0.2, 0) is 19.7 Å². The maximum atomic E-state index is 13.2. The van der Waals surface area contributed by atoms with Crippen LogP contribution in [0, 0.1) is 0 Å². The molecule has 0 radical (unpaired) electrons. The van der Waals surface area contributed by atoms with Crippen LogP contribution in [0.15, 0.2) is 30.3 Å². The van der Waals surface area contributed by atoms with Crippen LogP contribution in [0.5, 0.6) is 0 Å². The monoisotopic (exact) mass is 344 g/mol. The van der Waals surface area contributed by atoms with Gasteiger partial charge in [-0.15, -0.1) is 0 Å². The van der Waals surface area contributed by atoms with Crippen LogP contribution in [0.25, 0.3) is 0 Å². The molecular formula is C20H28N2O3. The van der Waals surface area contributed by atoms with Gasteiger partial charge in [-0.25, -0.2) is 0 Å². The molecule has 2 heterocycles. The summed E-state index contributed by atoms with van der Waals surface area (Å²) >= 11 is 0. The van der Waals surface area contributed by atoms with Crippen LogP contribution >= 0.6 is 0 Å². The van der Waals surface area contributed by atoms with Gasteiger partial charge in [0.15, 0.2) is 0 Å². The summed E-state index contributed by atoms with van der Waals surface area (Å²) < 4.78 is 5.49. The highest BCUT2D eigenvalue weighted by atomic mass is 16.5. The molecule has 0 spiro atoms. The number of piperidine rings is 1. The van der Waals surface area contributed by atoms with E-state index >= 15 is 0 Å². The molecule has 1 aromatic rings. The van der Waals surface area contributed by atoms with Crippen molar-refractivity contribution in [2.24, 2.45) is 0 Å². The van der Waals surface area contributed by atoms with E-state index in [1.807, 2.05) is 35.2 Å². The first-order valence-electron chi connectivity index (χ1n) is 9.36. The molecule has 0 aromatic heterocycles. The minimum Gasteiger partial charge on any atom is -0.381 e. The van der Waals surface area contributed by atoms with E-state index in [1.165, 1.54) is 6.42 Å². The zero-order valence-electron chi connectivity index (χ0n) is 15.0. The van der Waals surface area contributed by atoms with Gasteiger partial charge >= 0.3 is 0 Å². The molecule has 136 valence electrons. The highest BCUT2D eigenvalue weighted by Gasteiger charge is 2.42. The third-order valence-corrected chi connectivity index (χ3v) is 5.49. The third kappa shape index (κ3) is 3.87. The van der Waals surface area contributed by atoms with Crippen molar-refractivity contribution in [3.8, 4) is 0 Å². The molecule has 5 heteroatoms. The summed E-state index contributed by atoms with van der Waals surface area (Å²) in [5.74, 6) is -0.0248. The van der Waals surface area contributed by atoms with E-state index < -0.39 is 11.5 Å². The number of likely N-dealkylation sites (tertiary alicyclic amines) is 1. The Balaban J connectivity index is 1.73. The van der Waals surface area contributed by atoms with E-state index in [-0.39, 0.29) is 11.8 Å². The third-order valence-electron chi connectivity index (χ3n) is 5.49. The quantitative estimate of drug-likeness (QED) is 0.911. The first-order chi connectivity index (χ1) is 12.1. The summed E-state index contributed by atoms with van der Waals surface area (Å²) in [5.41, 5.74) is 0.407. The van der Waals surface area contributed by atoms with Gasteiger partial charge in [0.2, 0.25) is 11.8 Å². The maximum Gasteiger partial charge on any atom is 0.244 e. The summed E-state index contributed by atoms with van der Waals surface area (Å²) in [6.07, 6.45) is 4.58. The van der Waals surface area contributed by atoms with E-state index in [0.29, 0.717) is 26.1 Å². The number of carbonyl (C=O) groups excluding carboxylic acids is 2. The normalized spacial score (nSPS) is 21.4. The summed E-state index contributed by atoms with van der Waals surface area (Å²) in [6, 6.07) is 9.39. The molecule has 2 amide bonds. The number of nitrogens with zero attached hydrogens (tertiary/aromatic N) is 1. The highest BCUT2D eigenvalue weighted by molar-refractivity contribution is 5.93. The van der Waals surface area contributed by atoms with E-state index in [4.69, 9.17) is 4.74 Å². The largest absolute Gasteiger partial charge is 0.381 e. The maximum absolute atomic E-state index is 13.2. The summed E-state index contributed by atoms with van der Waals surface area (Å²) in [4.78, 5) is 27.7. The Morgan fingerprint density at radius 3 is 2.36 bits per heavy atom. The first-order valence-corrected chi connectivity index (χ1v) is 9.36. The second-order valence-electron chi connectivity index (χ2n) is 7.14. The number of hydrogen-bond donors (Lipinski definition) is 1. The fourth-order valence-electron chi connectivity index (χ4n) is 3.91. The van der Waals surface area contributed by atoms with E-state index in [1.54, 1.807) is 6.92 Å².